The molecule has 132 valence electrons. The lowest BCUT2D eigenvalue weighted by Gasteiger charge is -2.37. The highest BCUT2D eigenvalue weighted by molar-refractivity contribution is 7.09. The van der Waals surface area contributed by atoms with Gasteiger partial charge in [0, 0.05) is 37.6 Å². The highest BCUT2D eigenvalue weighted by atomic mass is 32.1. The Morgan fingerprint density at radius 1 is 1.40 bits per heavy atom. The summed E-state index contributed by atoms with van der Waals surface area (Å²) < 4.78 is 5.67. The third-order valence-corrected chi connectivity index (χ3v) is 5.44. The van der Waals surface area contributed by atoms with Gasteiger partial charge in [-0.2, -0.15) is 0 Å². The van der Waals surface area contributed by atoms with Gasteiger partial charge in [-0.25, -0.2) is 4.98 Å². The van der Waals surface area contributed by atoms with Crippen molar-refractivity contribution in [3.8, 4) is 0 Å². The molecule has 2 heterocycles. The van der Waals surface area contributed by atoms with Crippen LogP contribution in [-0.2, 0) is 16.0 Å². The molecule has 0 saturated carbocycles. The molecule has 1 aliphatic heterocycles. The van der Waals surface area contributed by atoms with Crippen molar-refractivity contribution >= 4 is 23.3 Å². The number of ether oxygens (including phenoxy) is 1. The first-order chi connectivity index (χ1) is 12.2. The van der Waals surface area contributed by atoms with Gasteiger partial charge in [0.25, 0.3) is 0 Å². The fourth-order valence-electron chi connectivity index (χ4n) is 3.35. The largest absolute Gasteiger partial charge is 0.381 e. The summed E-state index contributed by atoms with van der Waals surface area (Å²) in [7, 11) is 1.77. The van der Waals surface area contributed by atoms with E-state index in [1.807, 2.05) is 23.3 Å². The lowest BCUT2D eigenvalue weighted by molar-refractivity contribution is -0.130. The van der Waals surface area contributed by atoms with Gasteiger partial charge in [0.05, 0.1) is 16.8 Å². The Balaban J connectivity index is 1.64. The highest BCUT2D eigenvalue weighted by Gasteiger charge is 2.30. The fourth-order valence-corrected chi connectivity index (χ4v) is 3.93. The van der Waals surface area contributed by atoms with Crippen molar-refractivity contribution < 1.29 is 9.53 Å². The van der Waals surface area contributed by atoms with Crippen LogP contribution in [0.3, 0.4) is 0 Å². The summed E-state index contributed by atoms with van der Waals surface area (Å²) in [6, 6.07) is 10.4. The van der Waals surface area contributed by atoms with Crippen LogP contribution in [0, 0.1) is 12.8 Å². The predicted molar refractivity (Wildman–Crippen MR) is 102 cm³/mol. The summed E-state index contributed by atoms with van der Waals surface area (Å²) in [6.07, 6.45) is 5.46. The molecule has 1 amide bonds. The van der Waals surface area contributed by atoms with Crippen LogP contribution in [-0.4, -0.2) is 42.1 Å². The third kappa shape index (κ3) is 4.77. The highest BCUT2D eigenvalue weighted by Crippen LogP contribution is 2.24. The Morgan fingerprint density at radius 2 is 2.20 bits per heavy atom. The number of carbonyl (C=O) groups is 1. The molecular weight excluding hydrogens is 332 g/mol. The van der Waals surface area contributed by atoms with Crippen molar-refractivity contribution in [2.75, 3.05) is 20.2 Å². The van der Waals surface area contributed by atoms with Crippen LogP contribution >= 0.6 is 11.3 Å². The predicted octanol–water partition coefficient (Wildman–Crippen LogP) is 3.57. The fraction of sp³-hybridized carbons (Fsp3) is 0.400. The van der Waals surface area contributed by atoms with E-state index < -0.39 is 0 Å². The average molecular weight is 356 g/mol. The Hall–Kier alpha value is -1.98. The summed E-state index contributed by atoms with van der Waals surface area (Å²) in [4.78, 5) is 18.8. The minimum absolute atomic E-state index is 0.0540. The molecule has 3 rings (SSSR count). The van der Waals surface area contributed by atoms with Crippen LogP contribution in [0.15, 0.2) is 41.8 Å². The van der Waals surface area contributed by atoms with Gasteiger partial charge < -0.3 is 9.64 Å². The number of methoxy groups -OCH3 is 1. The van der Waals surface area contributed by atoms with Gasteiger partial charge in [-0.3, -0.25) is 4.79 Å². The number of likely N-dealkylation sites (tertiary alicyclic amines) is 1. The smallest absolute Gasteiger partial charge is 0.246 e. The number of aryl methyl sites for hydroxylation is 1. The molecule has 1 fully saturated rings. The molecule has 0 unspecified atom stereocenters. The first-order valence-electron chi connectivity index (χ1n) is 8.61. The number of thiazole rings is 1. The molecule has 0 spiro atoms. The molecule has 1 saturated heterocycles. The number of nitrogens with zero attached hydrogens (tertiary/aromatic N) is 2. The van der Waals surface area contributed by atoms with Crippen LogP contribution in [0.2, 0.25) is 0 Å². The molecule has 1 aliphatic rings. The van der Waals surface area contributed by atoms with Crippen molar-refractivity contribution in [3.63, 3.8) is 0 Å². The van der Waals surface area contributed by atoms with Crippen molar-refractivity contribution in [3.05, 3.63) is 58.1 Å². The molecular formula is C20H24N2O2S. The van der Waals surface area contributed by atoms with E-state index >= 15 is 0 Å². The summed E-state index contributed by atoms with van der Waals surface area (Å²) >= 11 is 1.59. The monoisotopic (exact) mass is 356 g/mol. The number of benzene rings is 1. The van der Waals surface area contributed by atoms with Crippen LogP contribution in [0.25, 0.3) is 6.08 Å². The first kappa shape index (κ1) is 17.8. The van der Waals surface area contributed by atoms with Gasteiger partial charge in [0.15, 0.2) is 0 Å². The van der Waals surface area contributed by atoms with Crippen LogP contribution in [0.4, 0.5) is 0 Å². The topological polar surface area (TPSA) is 42.4 Å². The van der Waals surface area contributed by atoms with Crippen molar-refractivity contribution in [2.24, 2.45) is 5.92 Å². The van der Waals surface area contributed by atoms with Gasteiger partial charge in [-0.1, -0.05) is 30.3 Å². The molecule has 0 radical (unpaired) electrons. The molecule has 0 bridgehead atoms. The van der Waals surface area contributed by atoms with Crippen molar-refractivity contribution in [1.29, 1.82) is 0 Å². The molecule has 25 heavy (non-hydrogen) atoms. The minimum Gasteiger partial charge on any atom is -0.381 e. The second kappa shape index (κ2) is 8.41. The zero-order valence-corrected chi connectivity index (χ0v) is 15.5. The Kier molecular flexibility index (Phi) is 6.00. The van der Waals surface area contributed by atoms with E-state index in [0.717, 1.165) is 36.6 Å². The quantitative estimate of drug-likeness (QED) is 0.769. The van der Waals surface area contributed by atoms with E-state index in [2.05, 4.69) is 29.2 Å². The van der Waals surface area contributed by atoms with Crippen molar-refractivity contribution in [1.82, 2.24) is 9.88 Å². The van der Waals surface area contributed by atoms with E-state index in [9.17, 15) is 4.79 Å². The van der Waals surface area contributed by atoms with Crippen LogP contribution in [0.1, 0.15) is 22.7 Å². The molecule has 1 aromatic heterocycles. The molecule has 5 heteroatoms. The maximum absolute atomic E-state index is 12.5. The van der Waals surface area contributed by atoms with E-state index in [0.29, 0.717) is 5.92 Å². The number of carbonyl (C=O) groups excluding carboxylic acids is 1. The van der Waals surface area contributed by atoms with Crippen LogP contribution < -0.4 is 0 Å². The number of rotatable bonds is 5. The second-order valence-corrected chi connectivity index (χ2v) is 7.48. The number of piperidine rings is 1. The molecule has 1 aromatic carbocycles. The van der Waals surface area contributed by atoms with Crippen molar-refractivity contribution in [2.45, 2.75) is 25.9 Å². The SMILES string of the molecule is CO[C@@H]1CCN(C(=O)/C=C/c2csc(C)n2)C[C@H]1Cc1ccccc1. The average Bonchev–Trinajstić information content (AvgIpc) is 3.06. The van der Waals surface area contributed by atoms with Gasteiger partial charge in [0.1, 0.15) is 0 Å². The Morgan fingerprint density at radius 3 is 2.88 bits per heavy atom. The standard InChI is InChI=1S/C20H24N2O2S/c1-15-21-18(14-25-15)8-9-20(23)22-11-10-19(24-2)17(13-22)12-16-6-4-3-5-7-16/h3-9,14,17,19H,10-13H2,1-2H3/b9-8+/t17-,19-/m1/s1. The number of hydrogen-bond donors (Lipinski definition) is 0. The van der Waals surface area contributed by atoms with E-state index in [1.54, 1.807) is 30.6 Å². The van der Waals surface area contributed by atoms with Gasteiger partial charge in [-0.15, -0.1) is 11.3 Å². The summed E-state index contributed by atoms with van der Waals surface area (Å²) in [5.74, 6) is 0.373. The molecule has 0 N–H and O–H groups in total. The zero-order chi connectivity index (χ0) is 17.6. The molecule has 2 aromatic rings. The number of hydrogen-bond acceptors (Lipinski definition) is 4. The van der Waals surface area contributed by atoms with E-state index in [-0.39, 0.29) is 12.0 Å². The summed E-state index contributed by atoms with van der Waals surface area (Å²) in [5, 5.41) is 2.98. The lowest BCUT2D eigenvalue weighted by atomic mass is 9.88. The third-order valence-electron chi connectivity index (χ3n) is 4.65. The molecule has 0 aliphatic carbocycles. The van der Waals surface area contributed by atoms with Gasteiger partial charge in [-0.05, 0) is 31.4 Å². The Labute approximate surface area is 153 Å². The normalized spacial score (nSPS) is 21.0. The second-order valence-electron chi connectivity index (χ2n) is 6.42. The molecule has 2 atom stereocenters. The first-order valence-corrected chi connectivity index (χ1v) is 9.49. The molecule has 4 nitrogen and oxygen atoms in total. The van der Waals surface area contributed by atoms with E-state index in [1.165, 1.54) is 5.56 Å². The Bertz CT molecular complexity index is 726. The van der Waals surface area contributed by atoms with Gasteiger partial charge in [0.2, 0.25) is 5.91 Å². The number of amides is 1. The summed E-state index contributed by atoms with van der Waals surface area (Å²) in [6.45, 7) is 3.43. The minimum atomic E-state index is 0.0540. The van der Waals surface area contributed by atoms with E-state index in [4.69, 9.17) is 4.74 Å². The maximum Gasteiger partial charge on any atom is 0.246 e. The lowest BCUT2D eigenvalue weighted by Crippen LogP contribution is -2.46. The maximum atomic E-state index is 12.5. The number of aromatic nitrogens is 1. The van der Waals surface area contributed by atoms with Gasteiger partial charge >= 0.3 is 0 Å². The zero-order valence-electron chi connectivity index (χ0n) is 14.7. The summed E-state index contributed by atoms with van der Waals surface area (Å²) in [5.41, 5.74) is 2.14. The van der Waals surface area contributed by atoms with Crippen LogP contribution in [0.5, 0.6) is 0 Å².